The summed E-state index contributed by atoms with van der Waals surface area (Å²) < 4.78 is 15.8. The van der Waals surface area contributed by atoms with Crippen LogP contribution in [0.25, 0.3) is 0 Å². The first-order valence-electron chi connectivity index (χ1n) is 12.2. The molecule has 0 fully saturated rings. The highest BCUT2D eigenvalue weighted by Crippen LogP contribution is 2.36. The molecule has 0 bridgehead atoms. The van der Waals surface area contributed by atoms with Crippen LogP contribution in [-0.2, 0) is 14.4 Å². The van der Waals surface area contributed by atoms with Gasteiger partial charge in [0.05, 0.1) is 19.9 Å². The number of hydrogen-bond donors (Lipinski definition) is 2. The number of nitrogens with zero attached hydrogens (tertiary/aromatic N) is 2. The Kier molecular flexibility index (Phi) is 9.11. The summed E-state index contributed by atoms with van der Waals surface area (Å²) in [6.45, 7) is 7.29. The third kappa shape index (κ3) is 7.34. The predicted octanol–water partition coefficient (Wildman–Crippen LogP) is 4.41. The smallest absolute Gasteiger partial charge is 0.248 e. The molecule has 0 unspecified atom stereocenters. The van der Waals surface area contributed by atoms with Crippen LogP contribution in [0.1, 0.15) is 51.0 Å². The number of para-hydroxylation sites is 2. The summed E-state index contributed by atoms with van der Waals surface area (Å²) in [4.78, 5) is 41.5. The molecule has 0 saturated heterocycles. The lowest BCUT2D eigenvalue weighted by Crippen LogP contribution is -2.49. The van der Waals surface area contributed by atoms with E-state index in [1.54, 1.807) is 68.6 Å². The van der Waals surface area contributed by atoms with Gasteiger partial charge in [-0.2, -0.15) is 0 Å². The van der Waals surface area contributed by atoms with Crippen molar-refractivity contribution in [2.24, 2.45) is 0 Å². The molecule has 1 heterocycles. The Morgan fingerprint density at radius 3 is 2.26 bits per heavy atom. The highest BCUT2D eigenvalue weighted by molar-refractivity contribution is 6.04. The maximum atomic E-state index is 13.8. The minimum Gasteiger partial charge on any atom is -0.497 e. The number of ether oxygens (including phenoxy) is 2. The van der Waals surface area contributed by atoms with Crippen LogP contribution in [0.5, 0.6) is 11.5 Å². The average molecular weight is 523 g/mol. The van der Waals surface area contributed by atoms with Gasteiger partial charge < -0.3 is 24.6 Å². The molecule has 2 aromatic carbocycles. The molecule has 0 aliphatic rings. The van der Waals surface area contributed by atoms with Crippen molar-refractivity contribution in [3.63, 3.8) is 0 Å². The second kappa shape index (κ2) is 12.3. The number of nitrogens with one attached hydrogen (secondary N) is 2. The summed E-state index contributed by atoms with van der Waals surface area (Å²) in [5.41, 5.74) is 0.402. The number of amides is 3. The SMILES string of the molecule is COc1ccc([C@H](C(=O)NC(C)(C)C)N(C(=O)CCC(=O)Nc2cc(C)on2)c2ccccc2OC)cc1. The Bertz CT molecular complexity index is 1260. The number of benzene rings is 2. The minimum absolute atomic E-state index is 0.132. The van der Waals surface area contributed by atoms with E-state index in [0.717, 1.165) is 0 Å². The minimum atomic E-state index is -1.05. The van der Waals surface area contributed by atoms with Gasteiger partial charge in [-0.3, -0.25) is 19.3 Å². The van der Waals surface area contributed by atoms with E-state index in [-0.39, 0.29) is 24.6 Å². The molecule has 3 aromatic rings. The van der Waals surface area contributed by atoms with Gasteiger partial charge in [0, 0.05) is 24.4 Å². The van der Waals surface area contributed by atoms with Gasteiger partial charge in [0.2, 0.25) is 17.7 Å². The van der Waals surface area contributed by atoms with Crippen LogP contribution in [0, 0.1) is 6.92 Å². The molecule has 38 heavy (non-hydrogen) atoms. The van der Waals surface area contributed by atoms with Crippen LogP contribution in [0.4, 0.5) is 11.5 Å². The van der Waals surface area contributed by atoms with Crippen molar-refractivity contribution in [1.29, 1.82) is 0 Å². The van der Waals surface area contributed by atoms with Crippen molar-refractivity contribution < 1.29 is 28.4 Å². The molecule has 0 aliphatic carbocycles. The molecule has 0 radical (unpaired) electrons. The summed E-state index contributed by atoms with van der Waals surface area (Å²) in [5, 5.41) is 9.35. The molecule has 1 aromatic heterocycles. The van der Waals surface area contributed by atoms with Gasteiger partial charge in [0.1, 0.15) is 23.3 Å². The third-order valence-corrected chi connectivity index (χ3v) is 5.51. The van der Waals surface area contributed by atoms with E-state index in [9.17, 15) is 14.4 Å². The lowest BCUT2D eigenvalue weighted by molar-refractivity contribution is -0.128. The van der Waals surface area contributed by atoms with Crippen molar-refractivity contribution in [3.8, 4) is 11.5 Å². The number of aryl methyl sites for hydroxylation is 1. The first-order valence-corrected chi connectivity index (χ1v) is 12.2. The Morgan fingerprint density at radius 2 is 1.68 bits per heavy atom. The van der Waals surface area contributed by atoms with Gasteiger partial charge in [-0.15, -0.1) is 0 Å². The maximum absolute atomic E-state index is 13.8. The number of aromatic nitrogens is 1. The largest absolute Gasteiger partial charge is 0.497 e. The van der Waals surface area contributed by atoms with E-state index in [0.29, 0.717) is 28.5 Å². The highest BCUT2D eigenvalue weighted by Gasteiger charge is 2.35. The molecule has 0 saturated carbocycles. The van der Waals surface area contributed by atoms with Gasteiger partial charge in [-0.1, -0.05) is 29.4 Å². The van der Waals surface area contributed by atoms with Crippen molar-refractivity contribution in [1.82, 2.24) is 10.5 Å². The summed E-state index contributed by atoms with van der Waals surface area (Å²) >= 11 is 0. The van der Waals surface area contributed by atoms with E-state index in [2.05, 4.69) is 15.8 Å². The molecular formula is C28H34N4O6. The molecule has 1 atom stereocenters. The van der Waals surface area contributed by atoms with Crippen LogP contribution in [0.3, 0.4) is 0 Å². The normalized spacial score (nSPS) is 11.8. The van der Waals surface area contributed by atoms with E-state index >= 15 is 0 Å². The maximum Gasteiger partial charge on any atom is 0.248 e. The second-order valence-corrected chi connectivity index (χ2v) is 9.72. The molecule has 0 aliphatic heterocycles. The van der Waals surface area contributed by atoms with Crippen LogP contribution in [-0.4, -0.2) is 42.6 Å². The van der Waals surface area contributed by atoms with Crippen LogP contribution < -0.4 is 25.0 Å². The summed E-state index contributed by atoms with van der Waals surface area (Å²) in [5.74, 6) is 0.597. The number of anilines is 2. The van der Waals surface area contributed by atoms with Crippen molar-refractivity contribution in [3.05, 3.63) is 65.9 Å². The Balaban J connectivity index is 2.00. The first kappa shape index (κ1) is 28.2. The molecule has 2 N–H and O–H groups in total. The van der Waals surface area contributed by atoms with Gasteiger partial charge in [-0.05, 0) is 57.5 Å². The molecule has 202 valence electrons. The fourth-order valence-electron chi connectivity index (χ4n) is 3.86. The van der Waals surface area contributed by atoms with Gasteiger partial charge in [0.15, 0.2) is 5.82 Å². The highest BCUT2D eigenvalue weighted by atomic mass is 16.5. The summed E-state index contributed by atoms with van der Waals surface area (Å²) in [6.07, 6.45) is -0.303. The topological polar surface area (TPSA) is 123 Å². The molecule has 0 spiro atoms. The van der Waals surface area contributed by atoms with Crippen LogP contribution in [0.15, 0.2) is 59.1 Å². The number of hydrogen-bond acceptors (Lipinski definition) is 7. The van der Waals surface area contributed by atoms with Crippen molar-refractivity contribution in [2.45, 2.75) is 52.1 Å². The molecule has 3 amide bonds. The number of rotatable bonds is 10. The number of methoxy groups -OCH3 is 2. The Morgan fingerprint density at radius 1 is 1.00 bits per heavy atom. The molecular weight excluding hydrogens is 488 g/mol. The molecule has 10 nitrogen and oxygen atoms in total. The van der Waals surface area contributed by atoms with Gasteiger partial charge in [-0.25, -0.2) is 0 Å². The zero-order valence-electron chi connectivity index (χ0n) is 22.5. The van der Waals surface area contributed by atoms with E-state index in [4.69, 9.17) is 14.0 Å². The van der Waals surface area contributed by atoms with E-state index in [1.807, 2.05) is 20.8 Å². The monoisotopic (exact) mass is 522 g/mol. The quantitative estimate of drug-likeness (QED) is 0.404. The lowest BCUT2D eigenvalue weighted by atomic mass is 10.00. The zero-order chi connectivity index (χ0) is 27.9. The fraction of sp³-hybridized carbons (Fsp3) is 0.357. The predicted molar refractivity (Wildman–Crippen MR) is 143 cm³/mol. The molecule has 10 heteroatoms. The van der Waals surface area contributed by atoms with Crippen molar-refractivity contribution in [2.75, 3.05) is 24.4 Å². The van der Waals surface area contributed by atoms with Crippen LogP contribution >= 0.6 is 0 Å². The van der Waals surface area contributed by atoms with Crippen LogP contribution in [0.2, 0.25) is 0 Å². The van der Waals surface area contributed by atoms with Crippen molar-refractivity contribution >= 4 is 29.2 Å². The number of carbonyl (C=O) groups is 3. The van der Waals surface area contributed by atoms with E-state index < -0.39 is 23.4 Å². The lowest BCUT2D eigenvalue weighted by Gasteiger charge is -2.34. The summed E-state index contributed by atoms with van der Waals surface area (Å²) in [7, 11) is 3.04. The Hall–Kier alpha value is -4.34. The standard InChI is InChI=1S/C28H34N4O6/c1-18-17-23(31-38-18)29-24(33)15-16-25(34)32(21-9-7-8-10-22(21)37-6)26(27(35)30-28(2,3)4)19-11-13-20(36-5)14-12-19/h7-14,17,26H,15-16H2,1-6H3,(H,30,35)(H,29,31,33)/t26-/m1/s1. The fourth-order valence-corrected chi connectivity index (χ4v) is 3.86. The first-order chi connectivity index (χ1) is 18.0. The molecule has 3 rings (SSSR count). The second-order valence-electron chi connectivity index (χ2n) is 9.72. The zero-order valence-corrected chi connectivity index (χ0v) is 22.5. The van der Waals surface area contributed by atoms with Gasteiger partial charge >= 0.3 is 0 Å². The average Bonchev–Trinajstić information content (AvgIpc) is 3.29. The Labute approximate surface area is 222 Å². The number of carbonyl (C=O) groups excluding carboxylic acids is 3. The third-order valence-electron chi connectivity index (χ3n) is 5.51. The van der Waals surface area contributed by atoms with Gasteiger partial charge in [0.25, 0.3) is 0 Å². The van der Waals surface area contributed by atoms with E-state index in [1.165, 1.54) is 12.0 Å². The summed E-state index contributed by atoms with van der Waals surface area (Å²) in [6, 6.07) is 14.4.